The molecule has 0 amide bonds. The lowest BCUT2D eigenvalue weighted by Gasteiger charge is -2.20. The fourth-order valence-corrected chi connectivity index (χ4v) is 2.21. The number of rotatable bonds is 3. The second kappa shape index (κ2) is 4.25. The van der Waals surface area contributed by atoms with E-state index in [-0.39, 0.29) is 6.04 Å². The Kier molecular flexibility index (Phi) is 2.96. The van der Waals surface area contributed by atoms with E-state index in [0.29, 0.717) is 6.54 Å². The van der Waals surface area contributed by atoms with E-state index >= 15 is 0 Å². The summed E-state index contributed by atoms with van der Waals surface area (Å²) in [5.74, 6) is -0.709. The van der Waals surface area contributed by atoms with Crippen LogP contribution in [0.3, 0.4) is 0 Å². The summed E-state index contributed by atoms with van der Waals surface area (Å²) in [6.45, 7) is 3.57. The van der Waals surface area contributed by atoms with Crippen molar-refractivity contribution in [3.63, 3.8) is 0 Å². The third-order valence-corrected chi connectivity index (χ3v) is 3.36. The van der Waals surface area contributed by atoms with Crippen LogP contribution in [0, 0.1) is 6.92 Å². The van der Waals surface area contributed by atoms with Crippen LogP contribution in [0.2, 0.25) is 0 Å². The molecule has 1 aliphatic rings. The summed E-state index contributed by atoms with van der Waals surface area (Å²) in [6.07, 6.45) is 3.55. The highest BCUT2D eigenvalue weighted by molar-refractivity contribution is 5.73. The molecule has 2 rings (SSSR count). The molecular weight excluding hydrogens is 206 g/mol. The molecule has 88 valence electrons. The molecule has 1 aromatic heterocycles. The normalized spacial score (nSPS) is 21.5. The van der Waals surface area contributed by atoms with Gasteiger partial charge in [-0.2, -0.15) is 5.10 Å². The number of aromatic nitrogens is 2. The molecule has 1 saturated heterocycles. The first-order valence-corrected chi connectivity index (χ1v) is 5.54. The van der Waals surface area contributed by atoms with Crippen LogP contribution in [-0.2, 0) is 18.4 Å². The van der Waals surface area contributed by atoms with E-state index in [4.69, 9.17) is 5.11 Å². The van der Waals surface area contributed by atoms with Crippen molar-refractivity contribution in [2.75, 3.05) is 6.54 Å². The lowest BCUT2D eigenvalue weighted by molar-refractivity contribution is -0.142. The second-order valence-electron chi connectivity index (χ2n) is 4.35. The molecule has 1 fully saturated rings. The van der Waals surface area contributed by atoms with Gasteiger partial charge in [0.1, 0.15) is 6.04 Å². The highest BCUT2D eigenvalue weighted by Gasteiger charge is 2.30. The summed E-state index contributed by atoms with van der Waals surface area (Å²) in [7, 11) is 1.90. The van der Waals surface area contributed by atoms with Crippen LogP contribution in [0.15, 0.2) is 6.20 Å². The number of hydrogen-bond donors (Lipinski definition) is 1. The number of nitrogens with zero attached hydrogens (tertiary/aromatic N) is 3. The predicted molar refractivity (Wildman–Crippen MR) is 59.0 cm³/mol. The predicted octanol–water partition coefficient (Wildman–Crippen LogP) is 0.778. The number of carboxylic acids is 1. The summed E-state index contributed by atoms with van der Waals surface area (Å²) in [4.78, 5) is 13.1. The standard InChI is InChI=1S/C11H17N3O2/c1-8-9(6-12-13(8)2)7-14-5-3-4-10(14)11(15)16/h6,10H,3-5,7H2,1-2H3,(H,15,16). The number of aryl methyl sites for hydroxylation is 1. The van der Waals surface area contributed by atoms with Crippen LogP contribution in [0.5, 0.6) is 0 Å². The maximum Gasteiger partial charge on any atom is 0.320 e. The van der Waals surface area contributed by atoms with Gasteiger partial charge in [-0.05, 0) is 26.3 Å². The van der Waals surface area contributed by atoms with Crippen molar-refractivity contribution in [3.8, 4) is 0 Å². The zero-order valence-corrected chi connectivity index (χ0v) is 9.68. The van der Waals surface area contributed by atoms with E-state index < -0.39 is 5.97 Å². The van der Waals surface area contributed by atoms with E-state index in [9.17, 15) is 4.79 Å². The molecule has 1 N–H and O–H groups in total. The first-order valence-electron chi connectivity index (χ1n) is 5.54. The Morgan fingerprint density at radius 1 is 1.69 bits per heavy atom. The van der Waals surface area contributed by atoms with Gasteiger partial charge in [0.25, 0.3) is 0 Å². The van der Waals surface area contributed by atoms with E-state index in [2.05, 4.69) is 5.10 Å². The Balaban J connectivity index is 2.09. The molecule has 1 atom stereocenters. The van der Waals surface area contributed by atoms with E-state index in [1.54, 1.807) is 0 Å². The van der Waals surface area contributed by atoms with Crippen LogP contribution >= 0.6 is 0 Å². The number of hydrogen-bond acceptors (Lipinski definition) is 3. The van der Waals surface area contributed by atoms with Crippen LogP contribution in [0.4, 0.5) is 0 Å². The van der Waals surface area contributed by atoms with Gasteiger partial charge in [0.05, 0.1) is 6.20 Å². The van der Waals surface area contributed by atoms with E-state index in [1.165, 1.54) is 0 Å². The smallest absolute Gasteiger partial charge is 0.320 e. The Labute approximate surface area is 94.7 Å². The molecule has 0 aromatic carbocycles. The van der Waals surface area contributed by atoms with Gasteiger partial charge in [-0.15, -0.1) is 0 Å². The number of aliphatic carboxylic acids is 1. The van der Waals surface area contributed by atoms with Crippen molar-refractivity contribution in [1.29, 1.82) is 0 Å². The maximum atomic E-state index is 11.0. The monoisotopic (exact) mass is 223 g/mol. The quantitative estimate of drug-likeness (QED) is 0.822. The lowest BCUT2D eigenvalue weighted by Crippen LogP contribution is -2.35. The number of carboxylic acid groups (broad SMARTS) is 1. The highest BCUT2D eigenvalue weighted by Crippen LogP contribution is 2.21. The topological polar surface area (TPSA) is 58.4 Å². The summed E-state index contributed by atoms with van der Waals surface area (Å²) in [5, 5.41) is 13.2. The largest absolute Gasteiger partial charge is 0.480 e. The summed E-state index contributed by atoms with van der Waals surface area (Å²) in [6, 6.07) is -0.320. The van der Waals surface area contributed by atoms with E-state index in [1.807, 2.05) is 29.7 Å². The van der Waals surface area contributed by atoms with Gasteiger partial charge in [0.2, 0.25) is 0 Å². The molecule has 16 heavy (non-hydrogen) atoms. The van der Waals surface area contributed by atoms with Crippen LogP contribution < -0.4 is 0 Å². The molecule has 2 heterocycles. The SMILES string of the molecule is Cc1c(CN2CCCC2C(=O)O)cnn1C. The molecule has 1 aliphatic heterocycles. The third-order valence-electron chi connectivity index (χ3n) is 3.36. The maximum absolute atomic E-state index is 11.0. The lowest BCUT2D eigenvalue weighted by atomic mass is 10.2. The van der Waals surface area contributed by atoms with Crippen LogP contribution in [0.25, 0.3) is 0 Å². The van der Waals surface area contributed by atoms with Gasteiger partial charge < -0.3 is 5.11 Å². The Bertz CT molecular complexity index is 400. The van der Waals surface area contributed by atoms with Gasteiger partial charge in [0.15, 0.2) is 0 Å². The molecule has 0 radical (unpaired) electrons. The summed E-state index contributed by atoms with van der Waals surface area (Å²) < 4.78 is 1.82. The van der Waals surface area contributed by atoms with Crippen molar-refractivity contribution in [3.05, 3.63) is 17.5 Å². The van der Waals surface area contributed by atoms with Crippen molar-refractivity contribution in [2.45, 2.75) is 32.4 Å². The average Bonchev–Trinajstić information content (AvgIpc) is 2.80. The van der Waals surface area contributed by atoms with Gasteiger partial charge in [-0.1, -0.05) is 0 Å². The van der Waals surface area contributed by atoms with Gasteiger partial charge in [-0.3, -0.25) is 14.4 Å². The molecular formula is C11H17N3O2. The Hall–Kier alpha value is -1.36. The highest BCUT2D eigenvalue weighted by atomic mass is 16.4. The molecule has 0 aliphatic carbocycles. The van der Waals surface area contributed by atoms with Crippen molar-refractivity contribution >= 4 is 5.97 Å². The minimum absolute atomic E-state index is 0.320. The zero-order chi connectivity index (χ0) is 11.7. The van der Waals surface area contributed by atoms with Crippen molar-refractivity contribution in [2.24, 2.45) is 7.05 Å². The minimum atomic E-state index is -0.709. The molecule has 0 saturated carbocycles. The van der Waals surface area contributed by atoms with Crippen molar-refractivity contribution < 1.29 is 9.90 Å². The Morgan fingerprint density at radius 2 is 2.44 bits per heavy atom. The van der Waals surface area contributed by atoms with Gasteiger partial charge >= 0.3 is 5.97 Å². The summed E-state index contributed by atoms with van der Waals surface area (Å²) in [5.41, 5.74) is 2.23. The molecule has 1 unspecified atom stereocenters. The first kappa shape index (κ1) is 11.1. The fourth-order valence-electron chi connectivity index (χ4n) is 2.21. The van der Waals surface area contributed by atoms with E-state index in [0.717, 1.165) is 30.6 Å². The average molecular weight is 223 g/mol. The molecule has 1 aromatic rings. The molecule has 5 nitrogen and oxygen atoms in total. The number of carbonyl (C=O) groups is 1. The van der Waals surface area contributed by atoms with Crippen LogP contribution in [0.1, 0.15) is 24.1 Å². The van der Waals surface area contributed by atoms with Gasteiger partial charge in [0, 0.05) is 24.8 Å². The molecule has 0 bridgehead atoms. The zero-order valence-electron chi connectivity index (χ0n) is 9.68. The van der Waals surface area contributed by atoms with Crippen molar-refractivity contribution in [1.82, 2.24) is 14.7 Å². The van der Waals surface area contributed by atoms with Gasteiger partial charge in [-0.25, -0.2) is 0 Å². The summed E-state index contributed by atoms with van der Waals surface area (Å²) >= 11 is 0. The van der Waals surface area contributed by atoms with Crippen LogP contribution in [-0.4, -0.2) is 38.3 Å². The second-order valence-corrected chi connectivity index (χ2v) is 4.35. The fraction of sp³-hybridized carbons (Fsp3) is 0.636. The number of likely N-dealkylation sites (tertiary alicyclic amines) is 1. The third kappa shape index (κ3) is 1.95. The molecule has 5 heteroatoms. The first-order chi connectivity index (χ1) is 7.59. The Morgan fingerprint density at radius 3 is 3.00 bits per heavy atom. The minimum Gasteiger partial charge on any atom is -0.480 e. The molecule has 0 spiro atoms.